The maximum absolute atomic E-state index is 11.8. The summed E-state index contributed by atoms with van der Waals surface area (Å²) in [5.41, 5.74) is 2.84. The fourth-order valence-corrected chi connectivity index (χ4v) is 4.14. The van der Waals surface area contributed by atoms with Crippen LogP contribution < -0.4 is 10.1 Å². The van der Waals surface area contributed by atoms with Crippen LogP contribution in [0.15, 0.2) is 73.6 Å². The van der Waals surface area contributed by atoms with Crippen molar-refractivity contribution < 1.29 is 9.53 Å². The summed E-state index contributed by atoms with van der Waals surface area (Å²) in [7, 11) is 1.66. The van der Waals surface area contributed by atoms with Crippen molar-refractivity contribution in [1.29, 1.82) is 0 Å². The van der Waals surface area contributed by atoms with Gasteiger partial charge in [0.15, 0.2) is 0 Å². The van der Waals surface area contributed by atoms with Gasteiger partial charge in [-0.2, -0.15) is 0 Å². The van der Waals surface area contributed by atoms with E-state index in [4.69, 9.17) is 4.74 Å². The third kappa shape index (κ3) is 3.36. The number of benzene rings is 3. The summed E-state index contributed by atoms with van der Waals surface area (Å²) in [6.45, 7) is 4.86. The number of carbonyl (C=O) groups is 1. The first-order valence-corrected chi connectivity index (χ1v) is 10.2. The Hall–Kier alpha value is -3.93. The van der Waals surface area contributed by atoms with E-state index in [0.717, 1.165) is 44.5 Å². The van der Waals surface area contributed by atoms with Gasteiger partial charge in [0.25, 0.3) is 0 Å². The molecule has 1 N–H and O–H groups in total. The molecule has 31 heavy (non-hydrogen) atoms. The first-order chi connectivity index (χ1) is 15.2. The summed E-state index contributed by atoms with van der Waals surface area (Å²) in [5.74, 6) is 1.67. The predicted octanol–water partition coefficient (Wildman–Crippen LogP) is 4.65. The lowest BCUT2D eigenvalue weighted by Crippen LogP contribution is -2.47. The normalized spacial score (nSPS) is 13.8. The third-order valence-corrected chi connectivity index (χ3v) is 5.84. The van der Waals surface area contributed by atoms with Crippen LogP contribution in [0.3, 0.4) is 0 Å². The van der Waals surface area contributed by atoms with E-state index in [-0.39, 0.29) is 11.8 Å². The summed E-state index contributed by atoms with van der Waals surface area (Å²) >= 11 is 0. The van der Waals surface area contributed by atoms with Gasteiger partial charge in [-0.1, -0.05) is 43.0 Å². The highest BCUT2D eigenvalue weighted by atomic mass is 16.5. The molecule has 2 heterocycles. The number of anilines is 2. The monoisotopic (exact) mass is 410 g/mol. The third-order valence-electron chi connectivity index (χ3n) is 5.84. The molecular formula is C25H22N4O2. The highest BCUT2D eigenvalue weighted by molar-refractivity contribution is 5.99. The van der Waals surface area contributed by atoms with Gasteiger partial charge in [0.1, 0.15) is 17.9 Å². The smallest absolute Gasteiger partial charge is 0.245 e. The number of fused-ring (bicyclic) bond motifs is 2. The predicted molar refractivity (Wildman–Crippen MR) is 123 cm³/mol. The molecule has 1 aromatic heterocycles. The molecule has 0 unspecified atom stereocenters. The van der Waals surface area contributed by atoms with Gasteiger partial charge in [0.05, 0.1) is 12.6 Å². The van der Waals surface area contributed by atoms with Crippen molar-refractivity contribution in [3.63, 3.8) is 0 Å². The Morgan fingerprint density at radius 3 is 2.74 bits per heavy atom. The number of hydrogen-bond acceptors (Lipinski definition) is 5. The summed E-state index contributed by atoms with van der Waals surface area (Å²) < 4.78 is 5.64. The fourth-order valence-electron chi connectivity index (χ4n) is 4.14. The van der Waals surface area contributed by atoms with Crippen LogP contribution in [0.5, 0.6) is 5.75 Å². The van der Waals surface area contributed by atoms with Gasteiger partial charge >= 0.3 is 0 Å². The van der Waals surface area contributed by atoms with Crippen molar-refractivity contribution in [2.24, 2.45) is 0 Å². The summed E-state index contributed by atoms with van der Waals surface area (Å²) in [6.07, 6.45) is 2.91. The molecule has 5 rings (SSSR count). The second-order valence-corrected chi connectivity index (χ2v) is 7.63. The van der Waals surface area contributed by atoms with Crippen LogP contribution in [-0.4, -0.2) is 41.0 Å². The minimum atomic E-state index is -0.0438. The minimum Gasteiger partial charge on any atom is -0.496 e. The molecule has 6 heteroatoms. The molecule has 1 aliphatic heterocycles. The molecule has 1 fully saturated rings. The second-order valence-electron chi connectivity index (χ2n) is 7.63. The van der Waals surface area contributed by atoms with Crippen molar-refractivity contribution in [1.82, 2.24) is 14.9 Å². The summed E-state index contributed by atoms with van der Waals surface area (Å²) in [6, 6.07) is 18.4. The Balaban J connectivity index is 1.55. The number of amides is 1. The first kappa shape index (κ1) is 19.1. The molecule has 1 aliphatic rings. The highest BCUT2D eigenvalue weighted by Gasteiger charge is 2.32. The first-order valence-electron chi connectivity index (χ1n) is 10.2. The highest BCUT2D eigenvalue weighted by Crippen LogP contribution is 2.38. The van der Waals surface area contributed by atoms with Crippen LogP contribution in [0, 0.1) is 0 Å². The zero-order valence-electron chi connectivity index (χ0n) is 17.2. The molecule has 4 aromatic rings. The molecule has 3 aromatic carbocycles. The van der Waals surface area contributed by atoms with Gasteiger partial charge in [-0.3, -0.25) is 4.79 Å². The van der Waals surface area contributed by atoms with Crippen LogP contribution in [-0.2, 0) is 4.79 Å². The van der Waals surface area contributed by atoms with E-state index in [9.17, 15) is 4.79 Å². The van der Waals surface area contributed by atoms with Gasteiger partial charge < -0.3 is 15.0 Å². The average molecular weight is 410 g/mol. The van der Waals surface area contributed by atoms with Gasteiger partial charge in [0.2, 0.25) is 5.91 Å². The van der Waals surface area contributed by atoms with Crippen LogP contribution in [0.2, 0.25) is 0 Å². The quantitative estimate of drug-likeness (QED) is 0.485. The number of ether oxygens (including phenoxy) is 1. The number of nitrogens with one attached hydrogen (secondary N) is 1. The lowest BCUT2D eigenvalue weighted by Gasteiger charge is -2.39. The second kappa shape index (κ2) is 7.72. The van der Waals surface area contributed by atoms with Crippen molar-refractivity contribution in [3.8, 4) is 5.75 Å². The van der Waals surface area contributed by atoms with Crippen molar-refractivity contribution in [2.75, 3.05) is 25.5 Å². The molecule has 0 aliphatic carbocycles. The van der Waals surface area contributed by atoms with E-state index < -0.39 is 0 Å². The Labute approximate surface area is 180 Å². The Kier molecular flexibility index (Phi) is 4.75. The Morgan fingerprint density at radius 2 is 1.94 bits per heavy atom. The molecule has 0 spiro atoms. The largest absolute Gasteiger partial charge is 0.496 e. The average Bonchev–Trinajstić information content (AvgIpc) is 2.78. The number of hydrogen-bond donors (Lipinski definition) is 1. The number of carbonyl (C=O) groups excluding carboxylic acids is 1. The molecule has 0 atom stereocenters. The molecule has 6 nitrogen and oxygen atoms in total. The van der Waals surface area contributed by atoms with Gasteiger partial charge in [0, 0.05) is 47.1 Å². The van der Waals surface area contributed by atoms with Gasteiger partial charge in [-0.15, -0.1) is 0 Å². The number of aromatic nitrogens is 2. The van der Waals surface area contributed by atoms with E-state index in [1.807, 2.05) is 30.3 Å². The van der Waals surface area contributed by atoms with E-state index in [0.29, 0.717) is 13.1 Å². The van der Waals surface area contributed by atoms with E-state index in [1.54, 1.807) is 18.3 Å². The van der Waals surface area contributed by atoms with E-state index in [1.165, 1.54) is 6.08 Å². The standard InChI is InChI=1S/C25H22N4O2/c1-3-24(30)29-13-17(14-29)19-11-20-22(12-23(19)31-2)26-15-27-25(20)28-21-10-6-8-16-7-4-5-9-18(16)21/h3-12,15,17H,1,13-14H2,2H3,(H,26,27,28). The number of nitrogens with zero attached hydrogens (tertiary/aromatic N) is 3. The minimum absolute atomic E-state index is 0.0438. The van der Waals surface area contributed by atoms with Crippen LogP contribution in [0.4, 0.5) is 11.5 Å². The van der Waals surface area contributed by atoms with Crippen molar-refractivity contribution >= 4 is 39.1 Å². The molecule has 154 valence electrons. The molecule has 0 bridgehead atoms. The maximum atomic E-state index is 11.8. The topological polar surface area (TPSA) is 67.4 Å². The molecule has 0 radical (unpaired) electrons. The fraction of sp³-hybridized carbons (Fsp3) is 0.160. The maximum Gasteiger partial charge on any atom is 0.245 e. The number of likely N-dealkylation sites (tertiary alicyclic amines) is 1. The van der Waals surface area contributed by atoms with Crippen molar-refractivity contribution in [2.45, 2.75) is 5.92 Å². The van der Waals surface area contributed by atoms with Crippen molar-refractivity contribution in [3.05, 3.63) is 79.1 Å². The molecular weight excluding hydrogens is 388 g/mol. The van der Waals surface area contributed by atoms with Crippen LogP contribution >= 0.6 is 0 Å². The van der Waals surface area contributed by atoms with Crippen LogP contribution in [0.1, 0.15) is 11.5 Å². The molecule has 1 saturated heterocycles. The van der Waals surface area contributed by atoms with Crippen LogP contribution in [0.25, 0.3) is 21.7 Å². The number of rotatable bonds is 5. The van der Waals surface area contributed by atoms with E-state index >= 15 is 0 Å². The van der Waals surface area contributed by atoms with Gasteiger partial charge in [-0.05, 0) is 23.6 Å². The lowest BCUT2D eigenvalue weighted by molar-refractivity contribution is -0.130. The van der Waals surface area contributed by atoms with Gasteiger partial charge in [-0.25, -0.2) is 9.97 Å². The number of methoxy groups -OCH3 is 1. The Bertz CT molecular complexity index is 1310. The van der Waals surface area contributed by atoms with E-state index in [2.05, 4.69) is 46.1 Å². The Morgan fingerprint density at radius 1 is 1.13 bits per heavy atom. The zero-order valence-corrected chi connectivity index (χ0v) is 17.2. The zero-order chi connectivity index (χ0) is 21.4. The summed E-state index contributed by atoms with van der Waals surface area (Å²) in [5, 5.41) is 6.70. The molecule has 0 saturated carbocycles. The lowest BCUT2D eigenvalue weighted by atomic mass is 9.89. The summed E-state index contributed by atoms with van der Waals surface area (Å²) in [4.78, 5) is 22.6. The molecule has 1 amide bonds. The SMILES string of the molecule is C=CC(=O)N1CC(c2cc3c(Nc4cccc5ccccc45)ncnc3cc2OC)C1.